The predicted molar refractivity (Wildman–Crippen MR) is 98.6 cm³/mol. The number of halogens is 2. The van der Waals surface area contributed by atoms with Gasteiger partial charge in [0.1, 0.15) is 5.69 Å². The summed E-state index contributed by atoms with van der Waals surface area (Å²) in [6, 6.07) is 7.92. The molecule has 0 radical (unpaired) electrons. The number of rotatable bonds is 3. The van der Waals surface area contributed by atoms with Crippen LogP contribution in [0.2, 0.25) is 5.02 Å². The Labute approximate surface area is 154 Å². The van der Waals surface area contributed by atoms with E-state index < -0.39 is 0 Å². The molecule has 0 unspecified atom stereocenters. The average molecular weight is 445 g/mol. The number of amides is 1. The second kappa shape index (κ2) is 7.19. The lowest BCUT2D eigenvalue weighted by molar-refractivity contribution is 0.0616. The van der Waals surface area contributed by atoms with Crippen molar-refractivity contribution >= 4 is 40.1 Å². The topological polar surface area (TPSA) is 41.4 Å². The van der Waals surface area contributed by atoms with E-state index in [0.29, 0.717) is 5.69 Å². The molecule has 1 amide bonds. The molecule has 0 saturated carbocycles. The lowest BCUT2D eigenvalue weighted by Gasteiger charge is -2.34. The Morgan fingerprint density at radius 1 is 1.26 bits per heavy atom. The first-order chi connectivity index (χ1) is 11.1. The minimum atomic E-state index is 0.0618. The molecule has 0 bridgehead atoms. The van der Waals surface area contributed by atoms with Gasteiger partial charge >= 0.3 is 0 Å². The molecule has 2 aromatic rings. The SMILES string of the molecule is Cn1ncc(I)c1C(=O)N1CCN(Cc2ccccc2Cl)CC1. The minimum Gasteiger partial charge on any atom is -0.335 e. The normalized spacial score (nSPS) is 15.9. The second-order valence-corrected chi connectivity index (χ2v) is 7.19. The van der Waals surface area contributed by atoms with E-state index in [4.69, 9.17) is 11.6 Å². The highest BCUT2D eigenvalue weighted by atomic mass is 127. The number of hydrogen-bond donors (Lipinski definition) is 0. The number of nitrogens with zero attached hydrogens (tertiary/aromatic N) is 4. The molecule has 122 valence electrons. The summed E-state index contributed by atoms with van der Waals surface area (Å²) in [4.78, 5) is 16.9. The molecule has 0 spiro atoms. The Balaban J connectivity index is 1.60. The van der Waals surface area contributed by atoms with Crippen LogP contribution in [0.4, 0.5) is 0 Å². The number of piperazine rings is 1. The third-order valence-corrected chi connectivity index (χ3v) is 5.27. The number of hydrogen-bond acceptors (Lipinski definition) is 3. The van der Waals surface area contributed by atoms with Gasteiger partial charge in [-0.2, -0.15) is 5.10 Å². The van der Waals surface area contributed by atoms with Gasteiger partial charge in [0.2, 0.25) is 0 Å². The van der Waals surface area contributed by atoms with Crippen molar-refractivity contribution in [1.29, 1.82) is 0 Å². The Morgan fingerprint density at radius 2 is 1.96 bits per heavy atom. The average Bonchev–Trinajstić information content (AvgIpc) is 2.88. The highest BCUT2D eigenvalue weighted by molar-refractivity contribution is 14.1. The Bertz CT molecular complexity index is 690. The molecule has 1 aliphatic rings. The van der Waals surface area contributed by atoms with Crippen molar-refractivity contribution in [2.24, 2.45) is 7.05 Å². The van der Waals surface area contributed by atoms with Gasteiger partial charge in [-0.25, -0.2) is 0 Å². The fraction of sp³-hybridized carbons (Fsp3) is 0.375. The summed E-state index contributed by atoms with van der Waals surface area (Å²) in [6.07, 6.45) is 1.72. The van der Waals surface area contributed by atoms with Crippen LogP contribution in [0.5, 0.6) is 0 Å². The number of carbonyl (C=O) groups is 1. The van der Waals surface area contributed by atoms with E-state index in [9.17, 15) is 4.79 Å². The molecule has 7 heteroatoms. The minimum absolute atomic E-state index is 0.0618. The Morgan fingerprint density at radius 3 is 2.57 bits per heavy atom. The molecule has 23 heavy (non-hydrogen) atoms. The van der Waals surface area contributed by atoms with E-state index in [1.54, 1.807) is 10.9 Å². The molecular weight excluding hydrogens is 427 g/mol. The molecule has 0 N–H and O–H groups in total. The number of benzene rings is 1. The molecular formula is C16H18ClIN4O. The largest absolute Gasteiger partial charge is 0.335 e. The van der Waals surface area contributed by atoms with Gasteiger partial charge in [-0.05, 0) is 34.2 Å². The first-order valence-electron chi connectivity index (χ1n) is 7.49. The maximum Gasteiger partial charge on any atom is 0.273 e. The maximum absolute atomic E-state index is 12.6. The van der Waals surface area contributed by atoms with Crippen LogP contribution in [0.3, 0.4) is 0 Å². The van der Waals surface area contributed by atoms with Crippen molar-refractivity contribution in [2.75, 3.05) is 26.2 Å². The molecule has 1 saturated heterocycles. The van der Waals surface area contributed by atoms with Gasteiger partial charge in [0.15, 0.2) is 0 Å². The Hall–Kier alpha value is -1.12. The molecule has 1 fully saturated rings. The van der Waals surface area contributed by atoms with Crippen LogP contribution >= 0.6 is 34.2 Å². The van der Waals surface area contributed by atoms with Crippen molar-refractivity contribution < 1.29 is 4.79 Å². The van der Waals surface area contributed by atoms with Gasteiger partial charge in [0, 0.05) is 44.8 Å². The van der Waals surface area contributed by atoms with Crippen molar-refractivity contribution in [3.8, 4) is 0 Å². The van der Waals surface area contributed by atoms with Crippen LogP contribution in [0, 0.1) is 3.57 Å². The predicted octanol–water partition coefficient (Wildman–Crippen LogP) is 2.64. The van der Waals surface area contributed by atoms with Gasteiger partial charge < -0.3 is 4.90 Å². The number of aryl methyl sites for hydroxylation is 1. The highest BCUT2D eigenvalue weighted by Crippen LogP contribution is 2.19. The molecule has 1 aromatic carbocycles. The molecule has 0 atom stereocenters. The summed E-state index contributed by atoms with van der Waals surface area (Å²) in [5, 5.41) is 4.95. The molecule has 5 nitrogen and oxygen atoms in total. The van der Waals surface area contributed by atoms with E-state index in [2.05, 4.69) is 38.7 Å². The highest BCUT2D eigenvalue weighted by Gasteiger charge is 2.25. The summed E-state index contributed by atoms with van der Waals surface area (Å²) in [7, 11) is 1.81. The van der Waals surface area contributed by atoms with Crippen LogP contribution in [0.25, 0.3) is 0 Å². The van der Waals surface area contributed by atoms with Crippen LogP contribution in [0.15, 0.2) is 30.5 Å². The molecule has 3 rings (SSSR count). The van der Waals surface area contributed by atoms with Crippen LogP contribution in [0.1, 0.15) is 16.1 Å². The summed E-state index contributed by atoms with van der Waals surface area (Å²) < 4.78 is 2.55. The van der Waals surface area contributed by atoms with E-state index >= 15 is 0 Å². The van der Waals surface area contributed by atoms with Gasteiger partial charge in [-0.1, -0.05) is 29.8 Å². The van der Waals surface area contributed by atoms with Gasteiger partial charge in [0.25, 0.3) is 5.91 Å². The Kier molecular flexibility index (Phi) is 5.23. The zero-order chi connectivity index (χ0) is 16.4. The molecule has 1 aliphatic heterocycles. The summed E-state index contributed by atoms with van der Waals surface area (Å²) in [6.45, 7) is 3.98. The molecule has 2 heterocycles. The van der Waals surface area contributed by atoms with E-state index in [0.717, 1.165) is 46.9 Å². The number of aromatic nitrogens is 2. The number of carbonyl (C=O) groups excluding carboxylic acids is 1. The van der Waals surface area contributed by atoms with Gasteiger partial charge in [-0.15, -0.1) is 0 Å². The molecule has 1 aromatic heterocycles. The monoisotopic (exact) mass is 444 g/mol. The smallest absolute Gasteiger partial charge is 0.273 e. The van der Waals surface area contributed by atoms with Crippen molar-refractivity contribution in [3.05, 3.63) is 50.3 Å². The van der Waals surface area contributed by atoms with Crippen LogP contribution in [-0.2, 0) is 13.6 Å². The van der Waals surface area contributed by atoms with Crippen molar-refractivity contribution in [2.45, 2.75) is 6.54 Å². The zero-order valence-electron chi connectivity index (χ0n) is 12.9. The fourth-order valence-electron chi connectivity index (χ4n) is 2.78. The standard InChI is InChI=1S/C16H18ClIN4O/c1-20-15(14(18)10-19-20)16(23)22-8-6-21(7-9-22)11-12-4-2-3-5-13(12)17/h2-5,10H,6-9,11H2,1H3. The van der Waals surface area contributed by atoms with Gasteiger partial charge in [-0.3, -0.25) is 14.4 Å². The first kappa shape index (κ1) is 16.7. The van der Waals surface area contributed by atoms with Crippen molar-refractivity contribution in [3.63, 3.8) is 0 Å². The molecule has 0 aliphatic carbocycles. The first-order valence-corrected chi connectivity index (χ1v) is 8.94. The maximum atomic E-state index is 12.6. The third-order valence-electron chi connectivity index (χ3n) is 4.11. The third kappa shape index (κ3) is 3.70. The summed E-state index contributed by atoms with van der Waals surface area (Å²) in [5.74, 6) is 0.0618. The van der Waals surface area contributed by atoms with E-state index in [1.807, 2.05) is 30.1 Å². The lowest BCUT2D eigenvalue weighted by Crippen LogP contribution is -2.48. The van der Waals surface area contributed by atoms with E-state index in [-0.39, 0.29) is 5.91 Å². The summed E-state index contributed by atoms with van der Waals surface area (Å²) in [5.41, 5.74) is 1.81. The van der Waals surface area contributed by atoms with Gasteiger partial charge in [0.05, 0.1) is 9.77 Å². The summed E-state index contributed by atoms with van der Waals surface area (Å²) >= 11 is 8.38. The lowest BCUT2D eigenvalue weighted by atomic mass is 10.2. The quantitative estimate of drug-likeness (QED) is 0.684. The van der Waals surface area contributed by atoms with Crippen molar-refractivity contribution in [1.82, 2.24) is 19.6 Å². The zero-order valence-corrected chi connectivity index (χ0v) is 15.8. The van der Waals surface area contributed by atoms with E-state index in [1.165, 1.54) is 0 Å². The second-order valence-electron chi connectivity index (χ2n) is 5.62. The van der Waals surface area contributed by atoms with Crippen LogP contribution < -0.4 is 0 Å². The van der Waals surface area contributed by atoms with Crippen LogP contribution in [-0.4, -0.2) is 51.7 Å². The fourth-order valence-corrected chi connectivity index (χ4v) is 3.68.